The van der Waals surface area contributed by atoms with Gasteiger partial charge < -0.3 is 5.32 Å². The molecule has 0 spiro atoms. The lowest BCUT2D eigenvalue weighted by Gasteiger charge is -2.09. The van der Waals surface area contributed by atoms with E-state index >= 15 is 0 Å². The van der Waals surface area contributed by atoms with E-state index in [2.05, 4.69) is 5.32 Å². The molecule has 3 N–H and O–H groups in total. The van der Waals surface area contributed by atoms with Crippen LogP contribution in [-0.2, 0) is 16.6 Å². The number of nitrogens with one attached hydrogen (secondary N) is 1. The highest BCUT2D eigenvalue weighted by Crippen LogP contribution is 2.26. The maximum Gasteiger partial charge on any atom is 0.270 e. The third-order valence-electron chi connectivity index (χ3n) is 2.52. The lowest BCUT2D eigenvalue weighted by molar-refractivity contribution is -0.385. The summed E-state index contributed by atoms with van der Waals surface area (Å²) < 4.78 is 23.0. The van der Waals surface area contributed by atoms with Crippen LogP contribution in [0.2, 0.25) is 0 Å². The van der Waals surface area contributed by atoms with E-state index in [0.717, 1.165) is 10.9 Å². The van der Waals surface area contributed by atoms with Crippen LogP contribution in [-0.4, -0.2) is 13.3 Å². The molecule has 0 atom stereocenters. The second kappa shape index (κ2) is 5.57. The van der Waals surface area contributed by atoms with Gasteiger partial charge in [-0.3, -0.25) is 10.1 Å². The van der Waals surface area contributed by atoms with Crippen LogP contribution in [0.15, 0.2) is 40.6 Å². The molecule has 0 saturated carbocycles. The summed E-state index contributed by atoms with van der Waals surface area (Å²) in [4.78, 5) is 10.7. The molecular formula is C11H11N3O4S2. The SMILES string of the molecule is NS(=O)(=O)c1cc([N+](=O)[O-])ccc1NCc1cccs1. The molecule has 0 aliphatic carbocycles. The van der Waals surface area contributed by atoms with Gasteiger partial charge in [0.2, 0.25) is 10.0 Å². The number of nitro benzene ring substituents is 1. The van der Waals surface area contributed by atoms with E-state index in [9.17, 15) is 18.5 Å². The number of hydrogen-bond acceptors (Lipinski definition) is 6. The summed E-state index contributed by atoms with van der Waals surface area (Å²) in [5.41, 5.74) is -0.0813. The molecule has 106 valence electrons. The molecule has 7 nitrogen and oxygen atoms in total. The molecule has 0 fully saturated rings. The van der Waals surface area contributed by atoms with Crippen molar-refractivity contribution in [3.05, 3.63) is 50.7 Å². The Morgan fingerprint density at radius 1 is 1.35 bits per heavy atom. The first-order chi connectivity index (χ1) is 9.38. The number of nitrogens with two attached hydrogens (primary N) is 1. The number of nitro groups is 1. The van der Waals surface area contributed by atoms with Gasteiger partial charge in [-0.2, -0.15) is 0 Å². The Balaban J connectivity index is 2.34. The summed E-state index contributed by atoms with van der Waals surface area (Å²) in [6, 6.07) is 7.28. The fourth-order valence-corrected chi connectivity index (χ4v) is 2.98. The Bertz CT molecular complexity index is 726. The van der Waals surface area contributed by atoms with Gasteiger partial charge in [-0.05, 0) is 17.5 Å². The Labute approximate surface area is 119 Å². The molecule has 1 heterocycles. The normalized spacial score (nSPS) is 11.2. The van der Waals surface area contributed by atoms with Crippen molar-refractivity contribution in [2.24, 2.45) is 5.14 Å². The fraction of sp³-hybridized carbons (Fsp3) is 0.0909. The molecule has 0 unspecified atom stereocenters. The number of rotatable bonds is 5. The summed E-state index contributed by atoms with van der Waals surface area (Å²) in [5, 5.41) is 20.6. The lowest BCUT2D eigenvalue weighted by Crippen LogP contribution is -2.15. The number of primary sulfonamides is 1. The largest absolute Gasteiger partial charge is 0.379 e. The molecule has 0 radical (unpaired) electrons. The minimum atomic E-state index is -4.04. The van der Waals surface area contributed by atoms with Crippen LogP contribution in [0, 0.1) is 10.1 Å². The van der Waals surface area contributed by atoms with Crippen molar-refractivity contribution in [2.75, 3.05) is 5.32 Å². The number of hydrogen-bond donors (Lipinski definition) is 2. The lowest BCUT2D eigenvalue weighted by atomic mass is 10.3. The van der Waals surface area contributed by atoms with Crippen molar-refractivity contribution in [3.63, 3.8) is 0 Å². The molecular weight excluding hydrogens is 302 g/mol. The Morgan fingerprint density at radius 3 is 2.65 bits per heavy atom. The maximum atomic E-state index is 11.5. The van der Waals surface area contributed by atoms with Gasteiger partial charge >= 0.3 is 0 Å². The van der Waals surface area contributed by atoms with Crippen LogP contribution >= 0.6 is 11.3 Å². The topological polar surface area (TPSA) is 115 Å². The number of benzene rings is 1. The van der Waals surface area contributed by atoms with Gasteiger partial charge in [-0.1, -0.05) is 6.07 Å². The van der Waals surface area contributed by atoms with Crippen molar-refractivity contribution in [2.45, 2.75) is 11.4 Å². The second-order valence-corrected chi connectivity index (χ2v) is 6.48. The van der Waals surface area contributed by atoms with E-state index < -0.39 is 14.9 Å². The highest BCUT2D eigenvalue weighted by molar-refractivity contribution is 7.89. The van der Waals surface area contributed by atoms with E-state index in [1.807, 2.05) is 17.5 Å². The molecule has 2 aromatic rings. The van der Waals surface area contributed by atoms with Crippen LogP contribution in [0.3, 0.4) is 0 Å². The first-order valence-corrected chi connectivity index (χ1v) is 7.88. The number of nitrogens with zero attached hydrogens (tertiary/aromatic N) is 1. The maximum absolute atomic E-state index is 11.5. The predicted octanol–water partition coefficient (Wildman–Crippen LogP) is 1.92. The molecule has 0 aliphatic heterocycles. The molecule has 2 rings (SSSR count). The van der Waals surface area contributed by atoms with E-state index in [1.54, 1.807) is 0 Å². The van der Waals surface area contributed by atoms with Crippen molar-refractivity contribution < 1.29 is 13.3 Å². The molecule has 1 aromatic heterocycles. The van der Waals surface area contributed by atoms with Gasteiger partial charge in [-0.15, -0.1) is 11.3 Å². The van der Waals surface area contributed by atoms with Crippen molar-refractivity contribution in [3.8, 4) is 0 Å². The second-order valence-electron chi connectivity index (χ2n) is 3.92. The first-order valence-electron chi connectivity index (χ1n) is 5.45. The van der Waals surface area contributed by atoms with Gasteiger partial charge in [0.25, 0.3) is 5.69 Å². The van der Waals surface area contributed by atoms with Crippen molar-refractivity contribution in [1.29, 1.82) is 0 Å². The third-order valence-corrected chi connectivity index (χ3v) is 4.34. The van der Waals surface area contributed by atoms with E-state index in [-0.39, 0.29) is 16.3 Å². The van der Waals surface area contributed by atoms with Crippen LogP contribution in [0.5, 0.6) is 0 Å². The molecule has 0 saturated heterocycles. The van der Waals surface area contributed by atoms with Crippen LogP contribution in [0.25, 0.3) is 0 Å². The average molecular weight is 313 g/mol. The van der Waals surface area contributed by atoms with E-state index in [4.69, 9.17) is 5.14 Å². The Morgan fingerprint density at radius 2 is 2.10 bits per heavy atom. The van der Waals surface area contributed by atoms with Gasteiger partial charge in [0.1, 0.15) is 4.90 Å². The standard InChI is InChI=1S/C11H11N3O4S2/c12-20(17,18)11-6-8(14(15)16)3-4-10(11)13-7-9-2-1-5-19-9/h1-6,13H,7H2,(H2,12,17,18). The summed E-state index contributed by atoms with van der Waals surface area (Å²) in [5.74, 6) is 0. The third kappa shape index (κ3) is 3.32. The van der Waals surface area contributed by atoms with Gasteiger partial charge in [-0.25, -0.2) is 13.6 Å². The van der Waals surface area contributed by atoms with Crippen molar-refractivity contribution >= 4 is 32.7 Å². The molecule has 0 bridgehead atoms. The summed E-state index contributed by atoms with van der Waals surface area (Å²) in [6.07, 6.45) is 0. The van der Waals surface area contributed by atoms with Crippen LogP contribution < -0.4 is 10.5 Å². The number of non-ortho nitro benzene ring substituents is 1. The Kier molecular flexibility index (Phi) is 4.02. The molecule has 0 aliphatic rings. The molecule has 1 aromatic carbocycles. The molecule has 0 amide bonds. The fourth-order valence-electron chi connectivity index (χ4n) is 1.60. The first kappa shape index (κ1) is 14.4. The van der Waals surface area contributed by atoms with Gasteiger partial charge in [0.15, 0.2) is 0 Å². The molecule has 9 heteroatoms. The highest BCUT2D eigenvalue weighted by Gasteiger charge is 2.18. The van der Waals surface area contributed by atoms with Crippen molar-refractivity contribution in [1.82, 2.24) is 0 Å². The quantitative estimate of drug-likeness (QED) is 0.646. The number of sulfonamides is 1. The van der Waals surface area contributed by atoms with Crippen LogP contribution in [0.4, 0.5) is 11.4 Å². The monoisotopic (exact) mass is 313 g/mol. The average Bonchev–Trinajstić information content (AvgIpc) is 2.88. The number of thiophene rings is 1. The minimum absolute atomic E-state index is 0.242. The minimum Gasteiger partial charge on any atom is -0.379 e. The van der Waals surface area contributed by atoms with Gasteiger partial charge in [0.05, 0.1) is 10.6 Å². The zero-order valence-corrected chi connectivity index (χ0v) is 11.8. The van der Waals surface area contributed by atoms with E-state index in [0.29, 0.717) is 6.54 Å². The Hall–Kier alpha value is -1.97. The molecule has 20 heavy (non-hydrogen) atoms. The predicted molar refractivity (Wildman–Crippen MR) is 76.1 cm³/mol. The number of anilines is 1. The smallest absolute Gasteiger partial charge is 0.270 e. The summed E-state index contributed by atoms with van der Waals surface area (Å²) >= 11 is 1.51. The highest BCUT2D eigenvalue weighted by atomic mass is 32.2. The van der Waals surface area contributed by atoms with E-state index in [1.165, 1.54) is 23.5 Å². The zero-order valence-electron chi connectivity index (χ0n) is 10.1. The van der Waals surface area contributed by atoms with Gasteiger partial charge in [0, 0.05) is 23.6 Å². The summed E-state index contributed by atoms with van der Waals surface area (Å²) in [7, 11) is -4.04. The summed E-state index contributed by atoms with van der Waals surface area (Å²) in [6.45, 7) is 0.415. The van der Waals surface area contributed by atoms with Crippen LogP contribution in [0.1, 0.15) is 4.88 Å². The zero-order chi connectivity index (χ0) is 14.8.